The van der Waals surface area contributed by atoms with E-state index < -0.39 is 0 Å². The highest BCUT2D eigenvalue weighted by molar-refractivity contribution is 6.95. The Balaban J connectivity index is 1.87. The van der Waals surface area contributed by atoms with Crippen molar-refractivity contribution < 1.29 is 14.2 Å². The maximum absolute atomic E-state index is 5.90. The predicted molar refractivity (Wildman–Crippen MR) is 145 cm³/mol. The summed E-state index contributed by atoms with van der Waals surface area (Å²) in [6, 6.07) is 25.5. The van der Waals surface area contributed by atoms with E-state index in [1.165, 1.54) is 16.4 Å². The lowest BCUT2D eigenvalue weighted by Crippen LogP contribution is -2.51. The summed E-state index contributed by atoms with van der Waals surface area (Å²) in [6.07, 6.45) is 0. The Hall–Kier alpha value is -2.88. The molecule has 0 heterocycles. The van der Waals surface area contributed by atoms with Gasteiger partial charge in [-0.25, -0.2) is 0 Å². The lowest BCUT2D eigenvalue weighted by Gasteiger charge is -2.18. The molecule has 0 aliphatic carbocycles. The van der Waals surface area contributed by atoms with Crippen LogP contribution in [0.2, 0.25) is 0 Å². The van der Waals surface area contributed by atoms with Gasteiger partial charge in [0, 0.05) is 0 Å². The summed E-state index contributed by atoms with van der Waals surface area (Å²) in [5, 5.41) is 0. The van der Waals surface area contributed by atoms with Crippen molar-refractivity contribution in [1.82, 2.24) is 0 Å². The third-order valence-electron chi connectivity index (χ3n) is 5.39. The second-order valence-corrected chi connectivity index (χ2v) is 10.3. The van der Waals surface area contributed by atoms with Gasteiger partial charge >= 0.3 is 0 Å². The summed E-state index contributed by atoms with van der Waals surface area (Å²) < 4.78 is 17.7. The molecule has 0 atom stereocenters. The van der Waals surface area contributed by atoms with Crippen LogP contribution in [-0.2, 0) is 0 Å². The molecule has 0 aliphatic heterocycles. The van der Waals surface area contributed by atoms with Crippen LogP contribution in [-0.4, -0.2) is 26.5 Å². The molecule has 0 bridgehead atoms. The number of hydrogen-bond donors (Lipinski definition) is 0. The lowest BCUT2D eigenvalue weighted by atomic mass is 9.37. The average Bonchev–Trinajstić information content (AvgIpc) is 2.82. The smallest absolute Gasteiger partial charge is 0.241 e. The van der Waals surface area contributed by atoms with Crippen LogP contribution in [0.15, 0.2) is 72.8 Å². The SMILES string of the molecule is CC(C)COc1ccc(B(c2ccc(OCC(C)C)cc2)c2ccc(OCC(C)C)cc2)cc1. The molecule has 0 unspecified atom stereocenters. The highest BCUT2D eigenvalue weighted by Crippen LogP contribution is 2.14. The first-order valence-corrected chi connectivity index (χ1v) is 12.5. The van der Waals surface area contributed by atoms with Crippen LogP contribution < -0.4 is 30.6 Å². The van der Waals surface area contributed by atoms with Crippen molar-refractivity contribution in [1.29, 1.82) is 0 Å². The summed E-state index contributed by atoms with van der Waals surface area (Å²) in [6.45, 7) is 15.2. The van der Waals surface area contributed by atoms with E-state index in [4.69, 9.17) is 14.2 Å². The minimum atomic E-state index is 0.109. The van der Waals surface area contributed by atoms with Crippen molar-refractivity contribution in [3.05, 3.63) is 72.8 Å². The Bertz CT molecular complexity index is 845. The third kappa shape index (κ3) is 7.86. The Morgan fingerprint density at radius 3 is 0.882 bits per heavy atom. The first-order chi connectivity index (χ1) is 16.3. The van der Waals surface area contributed by atoms with Gasteiger partial charge in [0.05, 0.1) is 19.8 Å². The van der Waals surface area contributed by atoms with E-state index in [1.807, 2.05) is 0 Å². The molecule has 0 aliphatic rings. The van der Waals surface area contributed by atoms with Crippen LogP contribution >= 0.6 is 0 Å². The molecule has 0 saturated carbocycles. The van der Waals surface area contributed by atoms with Crippen molar-refractivity contribution in [3.8, 4) is 17.2 Å². The zero-order valence-electron chi connectivity index (χ0n) is 21.6. The lowest BCUT2D eigenvalue weighted by molar-refractivity contribution is 0.271. The summed E-state index contributed by atoms with van der Waals surface area (Å²) in [5.74, 6) is 4.23. The van der Waals surface area contributed by atoms with Crippen molar-refractivity contribution >= 4 is 23.1 Å². The van der Waals surface area contributed by atoms with Gasteiger partial charge in [0.2, 0.25) is 6.71 Å². The minimum absolute atomic E-state index is 0.109. The number of benzene rings is 3. The molecule has 3 aromatic rings. The van der Waals surface area contributed by atoms with E-state index in [1.54, 1.807) is 0 Å². The van der Waals surface area contributed by atoms with Gasteiger partial charge in [-0.3, -0.25) is 0 Å². The second-order valence-electron chi connectivity index (χ2n) is 10.3. The van der Waals surface area contributed by atoms with E-state index in [0.29, 0.717) is 17.8 Å². The molecule has 0 fully saturated rings. The Morgan fingerprint density at radius 2 is 0.676 bits per heavy atom. The number of ether oxygens (including phenoxy) is 3. The summed E-state index contributed by atoms with van der Waals surface area (Å²) >= 11 is 0. The Labute approximate surface area is 206 Å². The molecule has 180 valence electrons. The monoisotopic (exact) mass is 458 g/mol. The van der Waals surface area contributed by atoms with Crippen molar-refractivity contribution in [2.24, 2.45) is 17.8 Å². The zero-order valence-corrected chi connectivity index (χ0v) is 21.6. The molecule has 3 nitrogen and oxygen atoms in total. The number of rotatable bonds is 12. The highest BCUT2D eigenvalue weighted by atomic mass is 16.5. The standard InChI is InChI=1S/C30H39BO3/c1-22(2)19-32-28-13-7-25(8-14-28)31(26-9-15-29(16-10-26)33-20-23(3)4)27-11-17-30(18-12-27)34-21-24(5)6/h7-18,22-24H,19-21H2,1-6H3. The van der Waals surface area contributed by atoms with Crippen molar-refractivity contribution in [2.45, 2.75) is 41.5 Å². The van der Waals surface area contributed by atoms with Gasteiger partial charge < -0.3 is 14.2 Å². The molecule has 0 N–H and O–H groups in total. The first kappa shape index (κ1) is 25.7. The molecule has 0 amide bonds. The summed E-state index contributed by atoms with van der Waals surface area (Å²) in [4.78, 5) is 0. The maximum atomic E-state index is 5.90. The maximum Gasteiger partial charge on any atom is 0.241 e. The average molecular weight is 458 g/mol. The molecule has 0 spiro atoms. The van der Waals surface area contributed by atoms with E-state index >= 15 is 0 Å². The van der Waals surface area contributed by atoms with Gasteiger partial charge in [-0.05, 0) is 54.2 Å². The molecule has 4 heteroatoms. The Kier molecular flexibility index (Phi) is 9.50. The molecular formula is C30H39BO3. The van der Waals surface area contributed by atoms with Gasteiger partial charge in [0.1, 0.15) is 17.2 Å². The van der Waals surface area contributed by atoms with E-state index in [9.17, 15) is 0 Å². The second kappa shape index (κ2) is 12.5. The van der Waals surface area contributed by atoms with Crippen LogP contribution in [0.1, 0.15) is 41.5 Å². The molecule has 3 rings (SSSR count). The molecular weight excluding hydrogens is 419 g/mol. The molecule has 0 radical (unpaired) electrons. The normalized spacial score (nSPS) is 11.2. The zero-order chi connectivity index (χ0) is 24.5. The van der Waals surface area contributed by atoms with Gasteiger partial charge in [-0.2, -0.15) is 0 Å². The van der Waals surface area contributed by atoms with Crippen LogP contribution in [0.4, 0.5) is 0 Å². The fourth-order valence-corrected chi connectivity index (χ4v) is 3.64. The van der Waals surface area contributed by atoms with E-state index in [0.717, 1.165) is 37.1 Å². The summed E-state index contributed by atoms with van der Waals surface area (Å²) in [7, 11) is 0. The quantitative estimate of drug-likeness (QED) is 0.345. The topological polar surface area (TPSA) is 27.7 Å². The molecule has 34 heavy (non-hydrogen) atoms. The fraction of sp³-hybridized carbons (Fsp3) is 0.400. The predicted octanol–water partition coefficient (Wildman–Crippen LogP) is 5.31. The van der Waals surface area contributed by atoms with Gasteiger partial charge in [-0.1, -0.05) is 94.3 Å². The van der Waals surface area contributed by atoms with Gasteiger partial charge in [0.15, 0.2) is 0 Å². The van der Waals surface area contributed by atoms with Crippen LogP contribution in [0.25, 0.3) is 0 Å². The van der Waals surface area contributed by atoms with Gasteiger partial charge in [-0.15, -0.1) is 0 Å². The fourth-order valence-electron chi connectivity index (χ4n) is 3.64. The van der Waals surface area contributed by atoms with Crippen LogP contribution in [0.3, 0.4) is 0 Å². The minimum Gasteiger partial charge on any atom is -0.493 e. The van der Waals surface area contributed by atoms with Crippen LogP contribution in [0, 0.1) is 17.8 Å². The number of hydrogen-bond acceptors (Lipinski definition) is 3. The Morgan fingerprint density at radius 1 is 0.441 bits per heavy atom. The third-order valence-corrected chi connectivity index (χ3v) is 5.39. The molecule has 0 aromatic heterocycles. The van der Waals surface area contributed by atoms with Gasteiger partial charge in [0.25, 0.3) is 0 Å². The molecule has 0 saturated heterocycles. The van der Waals surface area contributed by atoms with E-state index in [2.05, 4.69) is 114 Å². The first-order valence-electron chi connectivity index (χ1n) is 12.5. The largest absolute Gasteiger partial charge is 0.493 e. The van der Waals surface area contributed by atoms with E-state index in [-0.39, 0.29) is 6.71 Å². The van der Waals surface area contributed by atoms with Crippen molar-refractivity contribution in [3.63, 3.8) is 0 Å². The van der Waals surface area contributed by atoms with Crippen LogP contribution in [0.5, 0.6) is 17.2 Å². The van der Waals surface area contributed by atoms with Crippen molar-refractivity contribution in [2.75, 3.05) is 19.8 Å². The molecule has 3 aromatic carbocycles. The summed E-state index contributed by atoms with van der Waals surface area (Å²) in [5.41, 5.74) is 3.68. The highest BCUT2D eigenvalue weighted by Gasteiger charge is 2.22.